The molecular weight excluding hydrogens is 554 g/mol. The van der Waals surface area contributed by atoms with Crippen molar-refractivity contribution in [3.8, 4) is 23.0 Å². The van der Waals surface area contributed by atoms with Crippen molar-refractivity contribution in [3.63, 3.8) is 0 Å². The Morgan fingerprint density at radius 1 is 0.930 bits per heavy atom. The van der Waals surface area contributed by atoms with E-state index in [1.165, 1.54) is 21.1 Å². The van der Waals surface area contributed by atoms with Crippen LogP contribution in [0.15, 0.2) is 66.7 Å². The number of unbranched alkanes of at least 4 members (excludes halogenated alkanes) is 1. The van der Waals surface area contributed by atoms with E-state index in [4.69, 9.17) is 23.7 Å². The molecule has 43 heavy (non-hydrogen) atoms. The third-order valence-electron chi connectivity index (χ3n) is 8.41. The van der Waals surface area contributed by atoms with Crippen LogP contribution in [0.2, 0.25) is 0 Å². The van der Waals surface area contributed by atoms with Gasteiger partial charge in [-0.25, -0.2) is 0 Å². The van der Waals surface area contributed by atoms with Gasteiger partial charge in [-0.2, -0.15) is 0 Å². The number of methoxy groups -OCH3 is 3. The maximum Gasteiger partial charge on any atom is 0.303 e. The molecule has 3 aromatic carbocycles. The normalized spacial score (nSPS) is 25.2. The van der Waals surface area contributed by atoms with Gasteiger partial charge in [0.2, 0.25) is 5.91 Å². The van der Waals surface area contributed by atoms with E-state index in [2.05, 4.69) is 5.32 Å². The molecule has 1 aliphatic heterocycles. The first-order valence-corrected chi connectivity index (χ1v) is 14.2. The minimum atomic E-state index is -2.10. The summed E-state index contributed by atoms with van der Waals surface area (Å²) >= 11 is 0. The Morgan fingerprint density at radius 3 is 2.23 bits per heavy atom. The molecule has 0 spiro atoms. The first-order valence-electron chi connectivity index (χ1n) is 14.2. The van der Waals surface area contributed by atoms with E-state index in [9.17, 15) is 19.8 Å². The van der Waals surface area contributed by atoms with E-state index in [0.717, 1.165) is 0 Å². The van der Waals surface area contributed by atoms with Crippen LogP contribution in [0, 0.1) is 5.92 Å². The average molecular weight is 592 g/mol. The highest BCUT2D eigenvalue weighted by molar-refractivity contribution is 5.84. The van der Waals surface area contributed by atoms with Gasteiger partial charge in [-0.3, -0.25) is 9.59 Å². The minimum Gasteiger partial charge on any atom is -0.497 e. The lowest BCUT2D eigenvalue weighted by Crippen LogP contribution is -2.53. The molecular formula is C33H37NO9. The molecule has 1 fully saturated rings. The fourth-order valence-electron chi connectivity index (χ4n) is 6.67. The highest BCUT2D eigenvalue weighted by atomic mass is 16.6. The van der Waals surface area contributed by atoms with E-state index in [-0.39, 0.29) is 30.2 Å². The Bertz CT molecular complexity index is 1460. The summed E-state index contributed by atoms with van der Waals surface area (Å²) in [4.78, 5) is 26.9. The Kier molecular flexibility index (Phi) is 8.52. The topological polar surface area (TPSA) is 133 Å². The molecule has 0 bridgehead atoms. The van der Waals surface area contributed by atoms with Crippen molar-refractivity contribution in [2.24, 2.45) is 5.92 Å². The molecule has 1 saturated carbocycles. The SMILES string of the molecule is COc1ccc(C23Oc4cc(OC)cc(OC)c4C2(O)C(OC(C)=O)C(C(=O)NCCCCO)C3c2ccccc2)cc1. The predicted octanol–water partition coefficient (Wildman–Crippen LogP) is 3.42. The number of esters is 1. The number of rotatable bonds is 11. The summed E-state index contributed by atoms with van der Waals surface area (Å²) in [5.74, 6) is -1.49. The van der Waals surface area contributed by atoms with Crippen LogP contribution in [-0.2, 0) is 25.5 Å². The number of aliphatic hydroxyl groups is 2. The van der Waals surface area contributed by atoms with Crippen molar-refractivity contribution in [2.45, 2.75) is 43.0 Å². The zero-order chi connectivity index (χ0) is 30.8. The summed E-state index contributed by atoms with van der Waals surface area (Å²) < 4.78 is 29.6. The Hall–Kier alpha value is -4.28. The van der Waals surface area contributed by atoms with E-state index in [1.807, 2.05) is 30.3 Å². The molecule has 0 saturated heterocycles. The Labute approximate surface area is 250 Å². The highest BCUT2D eigenvalue weighted by Gasteiger charge is 2.79. The number of hydrogen-bond donors (Lipinski definition) is 3. The van der Waals surface area contributed by atoms with Gasteiger partial charge in [0, 0.05) is 38.1 Å². The Balaban J connectivity index is 1.84. The van der Waals surface area contributed by atoms with Crippen LogP contribution >= 0.6 is 0 Å². The van der Waals surface area contributed by atoms with Gasteiger partial charge in [0.25, 0.3) is 0 Å². The molecule has 0 aromatic heterocycles. The van der Waals surface area contributed by atoms with Crippen LogP contribution in [0.4, 0.5) is 0 Å². The second kappa shape index (κ2) is 12.1. The van der Waals surface area contributed by atoms with Crippen LogP contribution in [0.5, 0.6) is 23.0 Å². The quantitative estimate of drug-likeness (QED) is 0.227. The van der Waals surface area contributed by atoms with Crippen molar-refractivity contribution in [3.05, 3.63) is 83.4 Å². The number of amides is 1. The van der Waals surface area contributed by atoms with Crippen molar-refractivity contribution >= 4 is 11.9 Å². The first-order chi connectivity index (χ1) is 20.8. The molecule has 3 aromatic rings. The summed E-state index contributed by atoms with van der Waals surface area (Å²) in [5.41, 5.74) is -2.30. The summed E-state index contributed by atoms with van der Waals surface area (Å²) in [6.45, 7) is 1.53. The lowest BCUT2D eigenvalue weighted by molar-refractivity contribution is -0.183. The standard InChI is InChI=1S/C33H37NO9/c1-20(36)42-30-27(31(37)34-16-8-9-17-35)28(21-10-6-5-7-11-21)33(22-12-14-23(39-2)15-13-22)32(30,38)29-25(41-4)18-24(40-3)19-26(29)43-33/h5-7,10-15,18-19,27-28,30,35,38H,8-9,16-17H2,1-4H3,(H,34,37). The number of aliphatic hydroxyl groups excluding tert-OH is 1. The Morgan fingerprint density at radius 2 is 1.63 bits per heavy atom. The molecule has 10 nitrogen and oxygen atoms in total. The largest absolute Gasteiger partial charge is 0.497 e. The molecule has 1 amide bonds. The van der Waals surface area contributed by atoms with Crippen molar-refractivity contribution < 1.29 is 43.5 Å². The fraction of sp³-hybridized carbons (Fsp3) is 0.394. The maximum atomic E-state index is 14.2. The smallest absolute Gasteiger partial charge is 0.303 e. The molecule has 3 N–H and O–H groups in total. The number of benzene rings is 3. The second-order valence-electron chi connectivity index (χ2n) is 10.7. The molecule has 228 valence electrons. The first kappa shape index (κ1) is 30.2. The van der Waals surface area contributed by atoms with E-state index < -0.39 is 41.0 Å². The maximum absolute atomic E-state index is 14.2. The molecule has 1 heterocycles. The minimum absolute atomic E-state index is 0.00375. The van der Waals surface area contributed by atoms with Gasteiger partial charge >= 0.3 is 5.97 Å². The van der Waals surface area contributed by atoms with Crippen LogP contribution < -0.4 is 24.3 Å². The third-order valence-corrected chi connectivity index (χ3v) is 8.41. The molecule has 5 atom stereocenters. The summed E-state index contributed by atoms with van der Waals surface area (Å²) in [5, 5.41) is 25.5. The molecule has 5 unspecified atom stereocenters. The van der Waals surface area contributed by atoms with Gasteiger partial charge in [0.15, 0.2) is 17.3 Å². The highest BCUT2D eigenvalue weighted by Crippen LogP contribution is 2.71. The summed E-state index contributed by atoms with van der Waals surface area (Å²) in [6.07, 6.45) is -0.335. The van der Waals surface area contributed by atoms with E-state index in [1.54, 1.807) is 43.5 Å². The molecule has 10 heteroatoms. The van der Waals surface area contributed by atoms with Gasteiger partial charge in [-0.1, -0.05) is 42.5 Å². The van der Waals surface area contributed by atoms with Crippen LogP contribution in [0.3, 0.4) is 0 Å². The van der Waals surface area contributed by atoms with Crippen LogP contribution in [0.25, 0.3) is 0 Å². The van der Waals surface area contributed by atoms with Crippen molar-refractivity contribution in [2.75, 3.05) is 34.5 Å². The zero-order valence-electron chi connectivity index (χ0n) is 24.7. The predicted molar refractivity (Wildman–Crippen MR) is 156 cm³/mol. The number of hydrogen-bond acceptors (Lipinski definition) is 9. The lowest BCUT2D eigenvalue weighted by Gasteiger charge is -2.41. The van der Waals surface area contributed by atoms with Crippen molar-refractivity contribution in [1.82, 2.24) is 5.32 Å². The molecule has 1 aliphatic carbocycles. The third kappa shape index (κ3) is 4.84. The summed E-state index contributed by atoms with van der Waals surface area (Å²) in [7, 11) is 4.52. The number of ether oxygens (including phenoxy) is 5. The zero-order valence-corrected chi connectivity index (χ0v) is 24.7. The average Bonchev–Trinajstić information content (AvgIpc) is 3.41. The van der Waals surface area contributed by atoms with Crippen LogP contribution in [0.1, 0.15) is 42.4 Å². The molecule has 2 aliphatic rings. The van der Waals surface area contributed by atoms with Gasteiger partial charge in [-0.05, 0) is 36.1 Å². The number of fused-ring (bicyclic) bond motifs is 3. The van der Waals surface area contributed by atoms with Gasteiger partial charge in [-0.15, -0.1) is 0 Å². The molecule has 5 rings (SSSR count). The van der Waals surface area contributed by atoms with E-state index >= 15 is 0 Å². The monoisotopic (exact) mass is 591 g/mol. The van der Waals surface area contributed by atoms with Gasteiger partial charge in [0.1, 0.15) is 23.0 Å². The number of carbonyl (C=O) groups excluding carboxylic acids is 2. The van der Waals surface area contributed by atoms with Crippen molar-refractivity contribution in [1.29, 1.82) is 0 Å². The lowest BCUT2D eigenvalue weighted by atomic mass is 9.70. The van der Waals surface area contributed by atoms with Gasteiger partial charge < -0.3 is 39.2 Å². The van der Waals surface area contributed by atoms with Crippen LogP contribution in [-0.4, -0.2) is 62.7 Å². The second-order valence-corrected chi connectivity index (χ2v) is 10.7. The fourth-order valence-corrected chi connectivity index (χ4v) is 6.67. The number of nitrogens with one attached hydrogen (secondary N) is 1. The van der Waals surface area contributed by atoms with Gasteiger partial charge in [0.05, 0.1) is 32.8 Å². The number of carbonyl (C=O) groups is 2. The summed E-state index contributed by atoms with van der Waals surface area (Å²) in [6, 6.07) is 19.6. The molecule has 0 radical (unpaired) electrons. The van der Waals surface area contributed by atoms with E-state index in [0.29, 0.717) is 35.5 Å².